The van der Waals surface area contributed by atoms with Crippen molar-refractivity contribution in [3.05, 3.63) is 29.8 Å². The molecule has 3 heteroatoms. The molecule has 81 valence electrons. The van der Waals surface area contributed by atoms with Gasteiger partial charge in [0.1, 0.15) is 5.75 Å². The monoisotopic (exact) mass is 206 g/mol. The first-order valence-electron chi connectivity index (χ1n) is 4.97. The van der Waals surface area contributed by atoms with Crippen LogP contribution in [0.25, 0.3) is 0 Å². The molecule has 1 amide bonds. The van der Waals surface area contributed by atoms with Crippen molar-refractivity contribution in [1.29, 1.82) is 0 Å². The van der Waals surface area contributed by atoms with E-state index in [0.29, 0.717) is 0 Å². The van der Waals surface area contributed by atoms with Crippen LogP contribution < -0.4 is 4.74 Å². The van der Waals surface area contributed by atoms with E-state index >= 15 is 0 Å². The summed E-state index contributed by atoms with van der Waals surface area (Å²) in [5.74, 6) is 0.810. The maximum atomic E-state index is 10.6. The van der Waals surface area contributed by atoms with Crippen LogP contribution in [0.15, 0.2) is 24.3 Å². The maximum absolute atomic E-state index is 10.6. The fraction of sp³-hybridized carbons (Fsp3) is 0.417. The number of amides is 1. The van der Waals surface area contributed by atoms with Crippen molar-refractivity contribution in [3.8, 4) is 5.75 Å². The van der Waals surface area contributed by atoms with Crippen molar-refractivity contribution in [2.75, 3.05) is 14.2 Å². The Hall–Kier alpha value is -1.51. The number of methoxy groups -OCH3 is 1. The number of carbonyl (C=O) groups excluding carboxylic acids is 1. The van der Waals surface area contributed by atoms with Crippen molar-refractivity contribution in [2.45, 2.75) is 19.4 Å². The predicted molar refractivity (Wildman–Crippen MR) is 59.5 cm³/mol. The third-order valence-electron chi connectivity index (χ3n) is 2.48. The van der Waals surface area contributed by atoms with Crippen LogP contribution in [0.5, 0.6) is 5.75 Å². The zero-order valence-electron chi connectivity index (χ0n) is 9.36. The summed E-state index contributed by atoms with van der Waals surface area (Å²) in [6, 6.07) is 7.82. The topological polar surface area (TPSA) is 29.5 Å². The molecule has 0 spiro atoms. The molecule has 1 rings (SSSR count). The van der Waals surface area contributed by atoms with E-state index in [4.69, 9.17) is 4.74 Å². The van der Waals surface area contributed by atoms with Gasteiger partial charge in [-0.05, 0) is 24.1 Å². The second kappa shape index (κ2) is 5.39. The molecular weight excluding hydrogens is 190 g/mol. The number of nitrogens with zero attached hydrogens (tertiary/aromatic N) is 1. The molecule has 1 aromatic carbocycles. The first-order chi connectivity index (χ1) is 7.22. The van der Waals surface area contributed by atoms with E-state index in [1.54, 1.807) is 19.1 Å². The summed E-state index contributed by atoms with van der Waals surface area (Å²) < 4.78 is 5.15. The quantitative estimate of drug-likeness (QED) is 0.691. The van der Waals surface area contributed by atoms with E-state index in [-0.39, 0.29) is 6.04 Å². The Bertz CT molecular complexity index is 325. The molecule has 1 radical (unpaired) electrons. The fourth-order valence-electron chi connectivity index (χ4n) is 1.65. The number of ether oxygens (including phenoxy) is 1. The summed E-state index contributed by atoms with van der Waals surface area (Å²) in [7, 11) is 3.37. The highest BCUT2D eigenvalue weighted by atomic mass is 16.5. The highest BCUT2D eigenvalue weighted by Crippen LogP contribution is 2.24. The standard InChI is InChI=1S/C12H16NO2/c1-4-12(13(2)9-14)10-6-5-7-11(8-10)15-3/h5-8,12H,4H2,1-3H3. The van der Waals surface area contributed by atoms with E-state index in [9.17, 15) is 4.79 Å². The van der Waals surface area contributed by atoms with E-state index in [0.717, 1.165) is 17.7 Å². The smallest absolute Gasteiger partial charge is 0.312 e. The van der Waals surface area contributed by atoms with Gasteiger partial charge in [0.05, 0.1) is 13.2 Å². The number of rotatable bonds is 5. The van der Waals surface area contributed by atoms with Crippen molar-refractivity contribution in [1.82, 2.24) is 4.90 Å². The molecule has 0 heterocycles. The van der Waals surface area contributed by atoms with Gasteiger partial charge in [-0.3, -0.25) is 4.79 Å². The minimum absolute atomic E-state index is 0.0672. The summed E-state index contributed by atoms with van der Waals surface area (Å²) in [4.78, 5) is 12.2. The van der Waals surface area contributed by atoms with Crippen LogP contribution in [0.2, 0.25) is 0 Å². The Balaban J connectivity index is 2.95. The molecule has 1 aromatic rings. The van der Waals surface area contributed by atoms with Crippen LogP contribution in [0.1, 0.15) is 24.9 Å². The lowest BCUT2D eigenvalue weighted by Gasteiger charge is -2.23. The van der Waals surface area contributed by atoms with Gasteiger partial charge < -0.3 is 9.64 Å². The Morgan fingerprint density at radius 3 is 2.80 bits per heavy atom. The Morgan fingerprint density at radius 1 is 1.53 bits per heavy atom. The molecule has 1 atom stereocenters. The predicted octanol–water partition coefficient (Wildman–Crippen LogP) is 2.15. The zero-order valence-corrected chi connectivity index (χ0v) is 9.36. The van der Waals surface area contributed by atoms with Gasteiger partial charge in [-0.25, -0.2) is 0 Å². The van der Waals surface area contributed by atoms with Gasteiger partial charge in [0, 0.05) is 7.05 Å². The van der Waals surface area contributed by atoms with Crippen LogP contribution in [-0.2, 0) is 4.79 Å². The average Bonchev–Trinajstić information content (AvgIpc) is 2.30. The number of hydrogen-bond donors (Lipinski definition) is 0. The minimum atomic E-state index is 0.0672. The Kier molecular flexibility index (Phi) is 4.16. The second-order valence-electron chi connectivity index (χ2n) is 3.40. The summed E-state index contributed by atoms with van der Waals surface area (Å²) in [6.07, 6.45) is 2.75. The lowest BCUT2D eigenvalue weighted by atomic mass is 10.0. The van der Waals surface area contributed by atoms with Crippen LogP contribution in [0.3, 0.4) is 0 Å². The third-order valence-corrected chi connectivity index (χ3v) is 2.48. The van der Waals surface area contributed by atoms with Gasteiger partial charge in [-0.15, -0.1) is 0 Å². The van der Waals surface area contributed by atoms with Gasteiger partial charge in [0.25, 0.3) is 0 Å². The maximum Gasteiger partial charge on any atom is 0.312 e. The summed E-state index contributed by atoms with van der Waals surface area (Å²) in [5, 5.41) is 0. The van der Waals surface area contributed by atoms with Crippen molar-refractivity contribution >= 4 is 6.41 Å². The van der Waals surface area contributed by atoms with Crippen molar-refractivity contribution in [2.24, 2.45) is 0 Å². The fourth-order valence-corrected chi connectivity index (χ4v) is 1.65. The second-order valence-corrected chi connectivity index (χ2v) is 3.40. The Labute approximate surface area is 90.7 Å². The first kappa shape index (κ1) is 11.6. The van der Waals surface area contributed by atoms with E-state index < -0.39 is 0 Å². The first-order valence-corrected chi connectivity index (χ1v) is 4.97. The van der Waals surface area contributed by atoms with Crippen LogP contribution >= 0.6 is 0 Å². The van der Waals surface area contributed by atoms with E-state index in [1.807, 2.05) is 37.6 Å². The average molecular weight is 206 g/mol. The van der Waals surface area contributed by atoms with E-state index in [1.165, 1.54) is 0 Å². The molecule has 0 aliphatic carbocycles. The molecular formula is C12H16NO2. The summed E-state index contributed by atoms with van der Waals surface area (Å²) >= 11 is 0. The molecule has 0 bridgehead atoms. The third kappa shape index (κ3) is 2.72. The molecule has 0 saturated heterocycles. The highest BCUT2D eigenvalue weighted by Gasteiger charge is 2.14. The Morgan fingerprint density at radius 2 is 2.27 bits per heavy atom. The largest absolute Gasteiger partial charge is 0.497 e. The van der Waals surface area contributed by atoms with Crippen molar-refractivity contribution < 1.29 is 9.53 Å². The number of benzene rings is 1. The van der Waals surface area contributed by atoms with Gasteiger partial charge in [0.2, 0.25) is 0 Å². The number of hydrogen-bond acceptors (Lipinski definition) is 2. The molecule has 0 saturated carbocycles. The summed E-state index contributed by atoms with van der Waals surface area (Å²) in [6.45, 7) is 2.04. The molecule has 15 heavy (non-hydrogen) atoms. The van der Waals surface area contributed by atoms with E-state index in [2.05, 4.69) is 0 Å². The van der Waals surface area contributed by atoms with Gasteiger partial charge in [0.15, 0.2) is 0 Å². The molecule has 0 aliphatic heterocycles. The molecule has 0 fully saturated rings. The van der Waals surface area contributed by atoms with Crippen LogP contribution in [-0.4, -0.2) is 25.5 Å². The van der Waals surface area contributed by atoms with Crippen molar-refractivity contribution in [3.63, 3.8) is 0 Å². The van der Waals surface area contributed by atoms with Crippen LogP contribution in [0.4, 0.5) is 0 Å². The lowest BCUT2D eigenvalue weighted by molar-refractivity contribution is 0.337. The molecule has 0 aliphatic rings. The molecule has 1 unspecified atom stereocenters. The molecule has 3 nitrogen and oxygen atoms in total. The molecule has 0 N–H and O–H groups in total. The minimum Gasteiger partial charge on any atom is -0.497 e. The molecule has 0 aromatic heterocycles. The van der Waals surface area contributed by atoms with Gasteiger partial charge in [-0.2, -0.15) is 0 Å². The van der Waals surface area contributed by atoms with Gasteiger partial charge >= 0.3 is 6.41 Å². The SMILES string of the molecule is CCC(c1cccc(OC)c1)N(C)[C]=O. The van der Waals surface area contributed by atoms with Gasteiger partial charge in [-0.1, -0.05) is 19.1 Å². The normalized spacial score (nSPS) is 11.9. The lowest BCUT2D eigenvalue weighted by Crippen LogP contribution is -2.22. The summed E-state index contributed by atoms with van der Waals surface area (Å²) in [5.41, 5.74) is 1.07. The van der Waals surface area contributed by atoms with Crippen LogP contribution in [0, 0.1) is 0 Å². The zero-order chi connectivity index (χ0) is 11.3. The highest BCUT2D eigenvalue weighted by molar-refractivity contribution is 5.49.